The lowest BCUT2D eigenvalue weighted by molar-refractivity contribution is -0.332. The van der Waals surface area contributed by atoms with Crippen LogP contribution in [0.3, 0.4) is 0 Å². The quantitative estimate of drug-likeness (QED) is 0.0173. The first-order valence-corrected chi connectivity index (χ1v) is 27.2. The van der Waals surface area contributed by atoms with E-state index >= 15 is 0 Å². The number of allylic oxidation sites excluding steroid dienone is 8. The summed E-state index contributed by atoms with van der Waals surface area (Å²) in [6, 6.07) is 0. The van der Waals surface area contributed by atoms with Gasteiger partial charge in [-0.1, -0.05) is 178 Å². The Labute approximate surface area is 420 Å². The second-order valence-corrected chi connectivity index (χ2v) is 19.0. The predicted molar refractivity (Wildman–Crippen MR) is 270 cm³/mol. The third kappa shape index (κ3) is 29.2. The molecule has 15 heteroatoms. The average Bonchev–Trinajstić information content (AvgIpc) is 3.35. The van der Waals surface area contributed by atoms with Gasteiger partial charge in [0.1, 0.15) is 55.4 Å². The number of aliphatic hydroxyl groups excluding tert-OH is 7. The minimum atomic E-state index is -1.77. The molecular formula is C55H96O15. The molecular weight excluding hydrogens is 901 g/mol. The van der Waals surface area contributed by atoms with E-state index < -0.39 is 92.7 Å². The fraction of sp³-hybridized carbons (Fsp3) is 0.818. The zero-order chi connectivity index (χ0) is 51.0. The molecule has 11 unspecified atom stereocenters. The van der Waals surface area contributed by atoms with Gasteiger partial charge in [-0.15, -0.1) is 0 Å². The summed E-state index contributed by atoms with van der Waals surface area (Å²) in [5, 5.41) is 72.2. The van der Waals surface area contributed by atoms with Crippen LogP contribution in [0.25, 0.3) is 0 Å². The largest absolute Gasteiger partial charge is 0.462 e. The van der Waals surface area contributed by atoms with Crippen LogP contribution in [0.1, 0.15) is 194 Å². The van der Waals surface area contributed by atoms with Gasteiger partial charge < -0.3 is 64.2 Å². The van der Waals surface area contributed by atoms with Crippen molar-refractivity contribution in [2.45, 2.75) is 261 Å². The Balaban J connectivity index is 1.79. The van der Waals surface area contributed by atoms with Gasteiger partial charge in [0.2, 0.25) is 0 Å². The third-order valence-electron chi connectivity index (χ3n) is 12.8. The Hall–Kier alpha value is -2.54. The van der Waals surface area contributed by atoms with E-state index in [9.17, 15) is 45.3 Å². The summed E-state index contributed by atoms with van der Waals surface area (Å²) >= 11 is 0. The summed E-state index contributed by atoms with van der Waals surface area (Å²) < 4.78 is 33.6. The topological polar surface area (TPSA) is 231 Å². The number of rotatable bonds is 42. The number of hydrogen-bond acceptors (Lipinski definition) is 15. The highest BCUT2D eigenvalue weighted by Gasteiger charge is 2.47. The van der Waals surface area contributed by atoms with Crippen molar-refractivity contribution in [2.75, 3.05) is 26.4 Å². The van der Waals surface area contributed by atoms with Gasteiger partial charge in [0.25, 0.3) is 0 Å². The molecule has 2 aliphatic heterocycles. The molecule has 2 fully saturated rings. The van der Waals surface area contributed by atoms with Crippen LogP contribution in [0.2, 0.25) is 0 Å². The van der Waals surface area contributed by atoms with Crippen molar-refractivity contribution in [3.63, 3.8) is 0 Å². The third-order valence-corrected chi connectivity index (χ3v) is 12.8. The van der Waals surface area contributed by atoms with Crippen LogP contribution in [0.5, 0.6) is 0 Å². The van der Waals surface area contributed by atoms with Crippen molar-refractivity contribution >= 4 is 11.9 Å². The maximum Gasteiger partial charge on any atom is 0.306 e. The molecule has 406 valence electrons. The normalized spacial score (nSPS) is 25.7. The number of unbranched alkanes of at least 4 members (excludes halogenated alkanes) is 20. The van der Waals surface area contributed by atoms with E-state index in [1.54, 1.807) is 0 Å². The van der Waals surface area contributed by atoms with Crippen LogP contribution < -0.4 is 0 Å². The van der Waals surface area contributed by atoms with E-state index in [1.807, 2.05) is 0 Å². The van der Waals surface area contributed by atoms with Gasteiger partial charge >= 0.3 is 11.9 Å². The maximum atomic E-state index is 13.0. The van der Waals surface area contributed by atoms with Crippen LogP contribution >= 0.6 is 0 Å². The average molecular weight is 997 g/mol. The minimum Gasteiger partial charge on any atom is -0.462 e. The standard InChI is InChI=1S/C55H96O15/c1-3-5-7-9-11-13-15-17-19-20-21-22-24-26-28-30-32-34-36-38-47(58)68-43(40-65-46(57)37-35-33-31-29-27-25-23-18-16-14-12-10-8-6-4-2)41-66-54-53(64)51(62)49(60)45(70-54)42-67-55-52(63)50(61)48(59)44(39-56)69-55/h5,7,11,13,17,19,21-22,43-45,48-56,59-64H,3-4,6,8-10,12,14-16,18,20,23-42H2,1-2H3/b7-5-,13-11-,19-17-,22-21-. The molecule has 7 N–H and O–H groups in total. The van der Waals surface area contributed by atoms with Crippen molar-refractivity contribution in [1.29, 1.82) is 0 Å². The van der Waals surface area contributed by atoms with Crippen LogP contribution in [0.4, 0.5) is 0 Å². The van der Waals surface area contributed by atoms with E-state index in [4.69, 9.17) is 28.4 Å². The lowest BCUT2D eigenvalue weighted by Gasteiger charge is -2.42. The van der Waals surface area contributed by atoms with Gasteiger partial charge in [0, 0.05) is 12.8 Å². The Bertz CT molecular complexity index is 1400. The van der Waals surface area contributed by atoms with Gasteiger partial charge in [-0.3, -0.25) is 9.59 Å². The molecule has 0 aromatic carbocycles. The predicted octanol–water partition coefficient (Wildman–Crippen LogP) is 8.27. The summed E-state index contributed by atoms with van der Waals surface area (Å²) in [7, 11) is 0. The first-order valence-electron chi connectivity index (χ1n) is 27.2. The number of hydrogen-bond donors (Lipinski definition) is 7. The highest BCUT2D eigenvalue weighted by atomic mass is 16.7. The number of carbonyl (C=O) groups is 2. The lowest BCUT2D eigenvalue weighted by atomic mass is 9.98. The van der Waals surface area contributed by atoms with E-state index in [2.05, 4.69) is 62.5 Å². The second-order valence-electron chi connectivity index (χ2n) is 19.0. The van der Waals surface area contributed by atoms with Crippen LogP contribution in [0.15, 0.2) is 48.6 Å². The molecule has 0 aliphatic carbocycles. The maximum absolute atomic E-state index is 13.0. The summed E-state index contributed by atoms with van der Waals surface area (Å²) in [4.78, 5) is 25.8. The first kappa shape index (κ1) is 63.6. The molecule has 70 heavy (non-hydrogen) atoms. The molecule has 0 aromatic heterocycles. The van der Waals surface area contributed by atoms with Crippen LogP contribution in [-0.4, -0.2) is 142 Å². The summed E-state index contributed by atoms with van der Waals surface area (Å²) in [5.74, 6) is -0.937. The smallest absolute Gasteiger partial charge is 0.306 e. The van der Waals surface area contributed by atoms with Crippen molar-refractivity contribution in [2.24, 2.45) is 0 Å². The van der Waals surface area contributed by atoms with Gasteiger partial charge in [-0.2, -0.15) is 0 Å². The first-order chi connectivity index (χ1) is 34.0. The summed E-state index contributed by atoms with van der Waals surface area (Å²) in [6.07, 6.45) is 29.8. The Morgan fingerprint density at radius 2 is 0.900 bits per heavy atom. The molecule has 11 atom stereocenters. The SMILES string of the molecule is CC/C=C\C/C=C\C/C=C\C/C=C\CCCCCCCCC(=O)OC(COC(=O)CCCCCCCCCCCCCCCCC)COC1OC(COC2OC(CO)C(O)C(O)C2O)C(O)C(O)C1O. The lowest BCUT2D eigenvalue weighted by Crippen LogP contribution is -2.61. The van der Waals surface area contributed by atoms with Crippen LogP contribution in [-0.2, 0) is 38.0 Å². The molecule has 0 amide bonds. The number of aliphatic hydroxyl groups is 7. The van der Waals surface area contributed by atoms with Gasteiger partial charge in [0.15, 0.2) is 18.7 Å². The van der Waals surface area contributed by atoms with Crippen molar-refractivity contribution in [1.82, 2.24) is 0 Å². The van der Waals surface area contributed by atoms with Crippen molar-refractivity contribution in [3.05, 3.63) is 48.6 Å². The Morgan fingerprint density at radius 3 is 1.41 bits per heavy atom. The fourth-order valence-electron chi connectivity index (χ4n) is 8.38. The molecule has 0 bridgehead atoms. The molecule has 2 rings (SSSR count). The molecule has 0 spiro atoms. The fourth-order valence-corrected chi connectivity index (χ4v) is 8.38. The van der Waals surface area contributed by atoms with Crippen LogP contribution in [0, 0.1) is 0 Å². The number of ether oxygens (including phenoxy) is 6. The molecule has 2 aliphatic rings. The van der Waals surface area contributed by atoms with Crippen molar-refractivity contribution < 1.29 is 73.8 Å². The summed E-state index contributed by atoms with van der Waals surface area (Å²) in [5.41, 5.74) is 0. The van der Waals surface area contributed by atoms with Gasteiger partial charge in [0.05, 0.1) is 19.8 Å². The molecule has 2 heterocycles. The highest BCUT2D eigenvalue weighted by Crippen LogP contribution is 2.26. The number of esters is 2. The van der Waals surface area contributed by atoms with E-state index in [0.29, 0.717) is 12.8 Å². The zero-order valence-electron chi connectivity index (χ0n) is 43.0. The molecule has 0 saturated carbocycles. The monoisotopic (exact) mass is 997 g/mol. The Morgan fingerprint density at radius 1 is 0.471 bits per heavy atom. The van der Waals surface area contributed by atoms with E-state index in [-0.39, 0.29) is 26.1 Å². The van der Waals surface area contributed by atoms with Gasteiger partial charge in [-0.25, -0.2) is 0 Å². The summed E-state index contributed by atoms with van der Waals surface area (Å²) in [6.45, 7) is 2.48. The minimum absolute atomic E-state index is 0.149. The molecule has 15 nitrogen and oxygen atoms in total. The molecule has 0 aromatic rings. The highest BCUT2D eigenvalue weighted by molar-refractivity contribution is 5.70. The molecule has 0 radical (unpaired) electrons. The molecule has 2 saturated heterocycles. The zero-order valence-corrected chi connectivity index (χ0v) is 43.0. The second kappa shape index (κ2) is 41.9. The van der Waals surface area contributed by atoms with Crippen molar-refractivity contribution in [3.8, 4) is 0 Å². The van der Waals surface area contributed by atoms with Gasteiger partial charge in [-0.05, 0) is 51.4 Å². The van der Waals surface area contributed by atoms with E-state index in [0.717, 1.165) is 83.5 Å². The van der Waals surface area contributed by atoms with E-state index in [1.165, 1.54) is 70.6 Å². The Kier molecular flexibility index (Phi) is 38.0. The number of carbonyl (C=O) groups excluding carboxylic acids is 2.